The van der Waals surface area contributed by atoms with Crippen LogP contribution in [0.3, 0.4) is 0 Å². The van der Waals surface area contributed by atoms with E-state index in [1.165, 1.54) is 5.56 Å². The van der Waals surface area contributed by atoms with Gasteiger partial charge in [-0.1, -0.05) is 48.5 Å². The number of hydrogen-bond acceptors (Lipinski definition) is 3. The lowest BCUT2D eigenvalue weighted by Gasteiger charge is -2.09. The predicted molar refractivity (Wildman–Crippen MR) is 101 cm³/mol. The number of aryl methyl sites for hydroxylation is 1. The van der Waals surface area contributed by atoms with Crippen molar-refractivity contribution in [1.29, 1.82) is 0 Å². The average Bonchev–Trinajstić information content (AvgIpc) is 3.09. The fraction of sp³-hybridized carbons (Fsp3) is 0.238. The Morgan fingerprint density at radius 3 is 2.62 bits per heavy atom. The van der Waals surface area contributed by atoms with Crippen LogP contribution in [-0.2, 0) is 24.2 Å². The maximum Gasteiger partial charge on any atom is 0.220 e. The first-order chi connectivity index (χ1) is 12.7. The van der Waals surface area contributed by atoms with E-state index in [0.717, 1.165) is 17.9 Å². The Kier molecular flexibility index (Phi) is 6.04. The van der Waals surface area contributed by atoms with Crippen LogP contribution >= 0.6 is 0 Å². The van der Waals surface area contributed by atoms with Crippen molar-refractivity contribution in [2.75, 3.05) is 6.54 Å². The fourth-order valence-electron chi connectivity index (χ4n) is 2.86. The Morgan fingerprint density at radius 2 is 1.81 bits per heavy atom. The molecular weight excluding hydrogens is 326 g/mol. The van der Waals surface area contributed by atoms with Gasteiger partial charge in [-0.25, -0.2) is 4.98 Å². The van der Waals surface area contributed by atoms with Gasteiger partial charge in [0, 0.05) is 38.3 Å². The molecule has 5 heteroatoms. The lowest BCUT2D eigenvalue weighted by atomic mass is 10.1. The third-order valence-corrected chi connectivity index (χ3v) is 4.28. The second-order valence-electron chi connectivity index (χ2n) is 6.19. The smallest absolute Gasteiger partial charge is 0.220 e. The molecule has 0 spiro atoms. The SMILES string of the molecule is O=C(CCc1ccccc1O)NCCc1nccn1Cc1ccccc1. The molecule has 0 aliphatic heterocycles. The summed E-state index contributed by atoms with van der Waals surface area (Å²) in [5.74, 6) is 1.17. The standard InChI is InChI=1S/C21H23N3O2/c25-19-9-5-4-8-18(19)10-11-21(26)23-13-12-20-22-14-15-24(20)16-17-6-2-1-3-7-17/h1-9,14-15,25H,10-13,16H2,(H,23,26). The number of phenols is 1. The highest BCUT2D eigenvalue weighted by atomic mass is 16.3. The van der Waals surface area contributed by atoms with Crippen LogP contribution in [0.25, 0.3) is 0 Å². The molecule has 1 amide bonds. The van der Waals surface area contributed by atoms with Gasteiger partial charge >= 0.3 is 0 Å². The van der Waals surface area contributed by atoms with Gasteiger partial charge in [0.25, 0.3) is 0 Å². The van der Waals surface area contributed by atoms with Gasteiger partial charge in [0.1, 0.15) is 11.6 Å². The molecule has 0 saturated carbocycles. The number of para-hydroxylation sites is 1. The number of phenolic OH excluding ortho intramolecular Hbond substituents is 1. The molecule has 0 aliphatic rings. The summed E-state index contributed by atoms with van der Waals surface area (Å²) in [6.07, 6.45) is 5.32. The third kappa shape index (κ3) is 4.96. The van der Waals surface area contributed by atoms with Crippen molar-refractivity contribution in [2.24, 2.45) is 0 Å². The van der Waals surface area contributed by atoms with Gasteiger partial charge in [-0.05, 0) is 23.6 Å². The van der Waals surface area contributed by atoms with E-state index >= 15 is 0 Å². The van der Waals surface area contributed by atoms with E-state index < -0.39 is 0 Å². The zero-order valence-electron chi connectivity index (χ0n) is 14.6. The summed E-state index contributed by atoms with van der Waals surface area (Å²) >= 11 is 0. The fourth-order valence-corrected chi connectivity index (χ4v) is 2.86. The number of hydrogen-bond donors (Lipinski definition) is 2. The van der Waals surface area contributed by atoms with Gasteiger partial charge in [-0.3, -0.25) is 4.79 Å². The van der Waals surface area contributed by atoms with Crippen molar-refractivity contribution in [2.45, 2.75) is 25.8 Å². The highest BCUT2D eigenvalue weighted by Crippen LogP contribution is 2.17. The Morgan fingerprint density at radius 1 is 1.04 bits per heavy atom. The minimum Gasteiger partial charge on any atom is -0.508 e. The van der Waals surface area contributed by atoms with Crippen LogP contribution in [0.2, 0.25) is 0 Å². The number of imidazole rings is 1. The highest BCUT2D eigenvalue weighted by Gasteiger charge is 2.07. The molecular formula is C21H23N3O2. The minimum absolute atomic E-state index is 0.0191. The number of nitrogens with one attached hydrogen (secondary N) is 1. The summed E-state index contributed by atoms with van der Waals surface area (Å²) in [6, 6.07) is 17.3. The Balaban J connectivity index is 1.44. The van der Waals surface area contributed by atoms with Crippen LogP contribution in [0.1, 0.15) is 23.4 Å². The number of amides is 1. The summed E-state index contributed by atoms with van der Waals surface area (Å²) in [7, 11) is 0. The first-order valence-electron chi connectivity index (χ1n) is 8.80. The monoisotopic (exact) mass is 349 g/mol. The van der Waals surface area contributed by atoms with Crippen molar-refractivity contribution < 1.29 is 9.90 Å². The van der Waals surface area contributed by atoms with Crippen LogP contribution in [0.4, 0.5) is 0 Å². The molecule has 0 aliphatic carbocycles. The zero-order valence-corrected chi connectivity index (χ0v) is 14.6. The highest BCUT2D eigenvalue weighted by molar-refractivity contribution is 5.76. The second-order valence-corrected chi connectivity index (χ2v) is 6.19. The number of nitrogens with zero attached hydrogens (tertiary/aromatic N) is 2. The molecule has 134 valence electrons. The molecule has 1 aromatic heterocycles. The van der Waals surface area contributed by atoms with Crippen molar-refractivity contribution in [1.82, 2.24) is 14.9 Å². The van der Waals surface area contributed by atoms with E-state index in [2.05, 4.69) is 27.0 Å². The molecule has 26 heavy (non-hydrogen) atoms. The Hall–Kier alpha value is -3.08. The van der Waals surface area contributed by atoms with Crippen molar-refractivity contribution in [3.63, 3.8) is 0 Å². The van der Waals surface area contributed by atoms with E-state index in [-0.39, 0.29) is 11.7 Å². The summed E-state index contributed by atoms with van der Waals surface area (Å²) in [5.41, 5.74) is 2.01. The van der Waals surface area contributed by atoms with Crippen LogP contribution in [0.15, 0.2) is 67.0 Å². The maximum atomic E-state index is 12.0. The van der Waals surface area contributed by atoms with Gasteiger partial charge in [0.05, 0.1) is 0 Å². The third-order valence-electron chi connectivity index (χ3n) is 4.28. The molecule has 0 saturated heterocycles. The molecule has 2 N–H and O–H groups in total. The molecule has 3 rings (SSSR count). The molecule has 1 heterocycles. The number of aromatic nitrogens is 2. The van der Waals surface area contributed by atoms with Crippen LogP contribution in [-0.4, -0.2) is 27.1 Å². The summed E-state index contributed by atoms with van der Waals surface area (Å²) in [4.78, 5) is 16.4. The molecule has 0 atom stereocenters. The van der Waals surface area contributed by atoms with Crippen molar-refractivity contribution >= 4 is 5.91 Å². The van der Waals surface area contributed by atoms with E-state index in [1.54, 1.807) is 18.3 Å². The van der Waals surface area contributed by atoms with Crippen LogP contribution in [0, 0.1) is 0 Å². The van der Waals surface area contributed by atoms with Crippen LogP contribution in [0.5, 0.6) is 5.75 Å². The molecule has 0 bridgehead atoms. The van der Waals surface area contributed by atoms with E-state index in [4.69, 9.17) is 0 Å². The van der Waals surface area contributed by atoms with Gasteiger partial charge in [-0.15, -0.1) is 0 Å². The van der Waals surface area contributed by atoms with E-state index in [0.29, 0.717) is 25.8 Å². The van der Waals surface area contributed by atoms with Crippen LogP contribution < -0.4 is 5.32 Å². The topological polar surface area (TPSA) is 67.2 Å². The maximum absolute atomic E-state index is 12.0. The quantitative estimate of drug-likeness (QED) is 0.657. The number of carbonyl (C=O) groups excluding carboxylic acids is 1. The largest absolute Gasteiger partial charge is 0.508 e. The Bertz CT molecular complexity index is 843. The first kappa shape index (κ1) is 17.7. The second kappa shape index (κ2) is 8.85. The van der Waals surface area contributed by atoms with E-state index in [1.807, 2.05) is 36.5 Å². The molecule has 3 aromatic rings. The molecule has 0 radical (unpaired) electrons. The Labute approximate surface area is 153 Å². The lowest BCUT2D eigenvalue weighted by molar-refractivity contribution is -0.121. The minimum atomic E-state index is -0.0191. The van der Waals surface area contributed by atoms with Gasteiger partial charge in [0.2, 0.25) is 5.91 Å². The lowest BCUT2D eigenvalue weighted by Crippen LogP contribution is -2.26. The number of rotatable bonds is 8. The number of aromatic hydroxyl groups is 1. The zero-order chi connectivity index (χ0) is 18.2. The average molecular weight is 349 g/mol. The molecule has 5 nitrogen and oxygen atoms in total. The van der Waals surface area contributed by atoms with Crippen molar-refractivity contribution in [3.05, 3.63) is 83.9 Å². The van der Waals surface area contributed by atoms with E-state index in [9.17, 15) is 9.90 Å². The van der Waals surface area contributed by atoms with Gasteiger partial charge in [-0.2, -0.15) is 0 Å². The summed E-state index contributed by atoms with van der Waals surface area (Å²) in [5, 5.41) is 12.7. The number of benzene rings is 2. The normalized spacial score (nSPS) is 10.6. The molecule has 0 fully saturated rings. The number of carbonyl (C=O) groups is 1. The molecule has 2 aromatic carbocycles. The van der Waals surface area contributed by atoms with Gasteiger partial charge < -0.3 is 15.0 Å². The summed E-state index contributed by atoms with van der Waals surface area (Å²) < 4.78 is 2.10. The predicted octanol–water partition coefficient (Wildman–Crippen LogP) is 2.93. The summed E-state index contributed by atoms with van der Waals surface area (Å²) in [6.45, 7) is 1.32. The van der Waals surface area contributed by atoms with Gasteiger partial charge in [0.15, 0.2) is 0 Å². The van der Waals surface area contributed by atoms with Crippen molar-refractivity contribution in [3.8, 4) is 5.75 Å². The first-order valence-corrected chi connectivity index (χ1v) is 8.80. The molecule has 0 unspecified atom stereocenters.